The second-order valence-electron chi connectivity index (χ2n) is 6.23. The second kappa shape index (κ2) is 8.45. The number of aromatic nitrogens is 2. The van der Waals surface area contributed by atoms with Gasteiger partial charge < -0.3 is 15.4 Å². The van der Waals surface area contributed by atoms with Gasteiger partial charge >= 0.3 is 0 Å². The zero-order valence-corrected chi connectivity index (χ0v) is 15.9. The lowest BCUT2D eigenvalue weighted by Crippen LogP contribution is -2.55. The Labute approximate surface area is 153 Å². The fourth-order valence-corrected chi connectivity index (χ4v) is 2.65. The van der Waals surface area contributed by atoms with E-state index >= 15 is 0 Å². The molecular formula is C18H25ClN4O2. The molecule has 1 unspecified atom stereocenters. The van der Waals surface area contributed by atoms with Crippen LogP contribution in [-0.2, 0) is 4.79 Å². The summed E-state index contributed by atoms with van der Waals surface area (Å²) in [6, 6.07) is 1.60. The molecule has 0 radical (unpaired) electrons. The first-order valence-electron chi connectivity index (χ1n) is 8.49. The third-order valence-electron chi connectivity index (χ3n) is 3.80. The monoisotopic (exact) mass is 364 g/mol. The Bertz CT molecular complexity index is 745. The van der Waals surface area contributed by atoms with Crippen molar-refractivity contribution >= 4 is 28.3 Å². The van der Waals surface area contributed by atoms with E-state index in [2.05, 4.69) is 23.8 Å². The summed E-state index contributed by atoms with van der Waals surface area (Å²) in [5.41, 5.74) is 6.88. The lowest BCUT2D eigenvalue weighted by molar-refractivity contribution is -0.137. The first-order valence-corrected chi connectivity index (χ1v) is 8.87. The molecule has 1 aliphatic rings. The number of likely N-dealkylation sites (tertiary alicyclic amines) is 1. The number of hydrogen-bond acceptors (Lipinski definition) is 5. The Hall–Kier alpha value is -1.92. The molecule has 7 heteroatoms. The third kappa shape index (κ3) is 4.58. The maximum Gasteiger partial charge on any atom is 0.223 e. The minimum atomic E-state index is -0.167. The van der Waals surface area contributed by atoms with Crippen molar-refractivity contribution in [2.75, 3.05) is 13.1 Å². The summed E-state index contributed by atoms with van der Waals surface area (Å²) in [4.78, 5) is 21.4. The Morgan fingerprint density at radius 1 is 1.36 bits per heavy atom. The quantitative estimate of drug-likeness (QED) is 0.845. The highest BCUT2D eigenvalue weighted by Gasteiger charge is 2.31. The molecule has 1 amide bonds. The molecule has 0 saturated carbocycles. The van der Waals surface area contributed by atoms with Crippen molar-refractivity contribution in [2.24, 2.45) is 5.73 Å². The predicted octanol–water partition coefficient (Wildman–Crippen LogP) is 3.33. The van der Waals surface area contributed by atoms with Crippen LogP contribution < -0.4 is 10.5 Å². The van der Waals surface area contributed by atoms with E-state index < -0.39 is 0 Å². The normalized spacial score (nSPS) is 15.2. The van der Waals surface area contributed by atoms with Gasteiger partial charge in [-0.05, 0) is 23.9 Å². The van der Waals surface area contributed by atoms with E-state index in [0.717, 1.165) is 16.3 Å². The maximum absolute atomic E-state index is 11.2. The molecule has 136 valence electrons. The number of pyridine rings is 2. The van der Waals surface area contributed by atoms with Gasteiger partial charge in [0.1, 0.15) is 11.3 Å². The predicted molar refractivity (Wildman–Crippen MR) is 99.8 cm³/mol. The average Bonchev–Trinajstić information content (AvgIpc) is 2.50. The molecular weight excluding hydrogens is 340 g/mol. The van der Waals surface area contributed by atoms with Crippen molar-refractivity contribution in [3.05, 3.63) is 29.2 Å². The van der Waals surface area contributed by atoms with Crippen molar-refractivity contribution < 1.29 is 9.53 Å². The number of carbonyl (C=O) groups is 1. The molecule has 1 atom stereocenters. The Balaban J connectivity index is 0.000000701. The van der Waals surface area contributed by atoms with Crippen LogP contribution >= 0.6 is 11.6 Å². The van der Waals surface area contributed by atoms with Gasteiger partial charge in [0.2, 0.25) is 11.8 Å². The van der Waals surface area contributed by atoms with Crippen LogP contribution in [0.25, 0.3) is 10.8 Å². The molecule has 2 N–H and O–H groups in total. The summed E-state index contributed by atoms with van der Waals surface area (Å²) in [5.74, 6) is 0.551. The van der Waals surface area contributed by atoms with Crippen LogP contribution in [0, 0.1) is 0 Å². The van der Waals surface area contributed by atoms with E-state index in [1.807, 2.05) is 6.92 Å². The largest absolute Gasteiger partial charge is 0.470 e. The molecule has 0 spiro atoms. The minimum Gasteiger partial charge on any atom is -0.470 e. The van der Waals surface area contributed by atoms with Crippen molar-refractivity contribution in [1.82, 2.24) is 14.9 Å². The SMILES string of the molecule is CC(=O)N1CC(Oc2ncc(C(C)N)c3cc(Cl)ncc23)C1.CCC. The Kier molecular flexibility index (Phi) is 6.56. The summed E-state index contributed by atoms with van der Waals surface area (Å²) in [6.07, 6.45) is 4.56. The van der Waals surface area contributed by atoms with Gasteiger partial charge in [0.15, 0.2) is 0 Å². The van der Waals surface area contributed by atoms with Crippen LogP contribution in [-0.4, -0.2) is 40.0 Å². The van der Waals surface area contributed by atoms with Crippen LogP contribution in [0.1, 0.15) is 45.7 Å². The number of nitrogens with two attached hydrogens (primary N) is 1. The molecule has 2 aromatic heterocycles. The van der Waals surface area contributed by atoms with Crippen LogP contribution in [0.15, 0.2) is 18.5 Å². The second-order valence-corrected chi connectivity index (χ2v) is 6.62. The maximum atomic E-state index is 11.2. The summed E-state index contributed by atoms with van der Waals surface area (Å²) >= 11 is 5.99. The minimum absolute atomic E-state index is 0.0450. The standard InChI is InChI=1S/C15H17ClN4O2.C3H8/c1-8(17)12-4-19-15(13-5-18-14(16)3-11(12)13)22-10-6-20(7-10)9(2)21;1-3-2/h3-5,8,10H,6-7,17H2,1-2H3;3H2,1-2H3. The average molecular weight is 365 g/mol. The van der Waals surface area contributed by atoms with Gasteiger partial charge in [-0.2, -0.15) is 0 Å². The van der Waals surface area contributed by atoms with Crippen LogP contribution in [0.5, 0.6) is 5.88 Å². The van der Waals surface area contributed by atoms with Gasteiger partial charge in [0.05, 0.1) is 18.5 Å². The van der Waals surface area contributed by atoms with E-state index in [0.29, 0.717) is 24.1 Å². The lowest BCUT2D eigenvalue weighted by atomic mass is 10.0. The lowest BCUT2D eigenvalue weighted by Gasteiger charge is -2.38. The fourth-order valence-electron chi connectivity index (χ4n) is 2.49. The van der Waals surface area contributed by atoms with Crippen LogP contribution in [0.4, 0.5) is 0 Å². The van der Waals surface area contributed by atoms with Crippen molar-refractivity contribution in [3.63, 3.8) is 0 Å². The molecule has 0 aliphatic carbocycles. The van der Waals surface area contributed by atoms with Gasteiger partial charge in [0, 0.05) is 25.4 Å². The highest BCUT2D eigenvalue weighted by atomic mass is 35.5. The van der Waals surface area contributed by atoms with Gasteiger partial charge in [-0.3, -0.25) is 4.79 Å². The van der Waals surface area contributed by atoms with Crippen molar-refractivity contribution in [1.29, 1.82) is 0 Å². The zero-order valence-electron chi connectivity index (χ0n) is 15.1. The fraction of sp³-hybridized carbons (Fsp3) is 0.500. The van der Waals surface area contributed by atoms with E-state index in [1.165, 1.54) is 6.42 Å². The topological polar surface area (TPSA) is 81.3 Å². The number of halogens is 1. The van der Waals surface area contributed by atoms with E-state index in [9.17, 15) is 4.79 Å². The molecule has 6 nitrogen and oxygen atoms in total. The number of fused-ring (bicyclic) bond motifs is 1. The third-order valence-corrected chi connectivity index (χ3v) is 4.00. The summed E-state index contributed by atoms with van der Waals surface area (Å²) in [5, 5.41) is 2.07. The summed E-state index contributed by atoms with van der Waals surface area (Å²) in [7, 11) is 0. The van der Waals surface area contributed by atoms with Gasteiger partial charge in [0.25, 0.3) is 0 Å². The Morgan fingerprint density at radius 2 is 2.00 bits per heavy atom. The molecule has 1 aliphatic heterocycles. The van der Waals surface area contributed by atoms with Gasteiger partial charge in [-0.15, -0.1) is 0 Å². The molecule has 3 rings (SSSR count). The van der Waals surface area contributed by atoms with Gasteiger partial charge in [-0.1, -0.05) is 31.9 Å². The molecule has 25 heavy (non-hydrogen) atoms. The van der Waals surface area contributed by atoms with Crippen molar-refractivity contribution in [2.45, 2.75) is 46.3 Å². The number of amides is 1. The Morgan fingerprint density at radius 3 is 2.56 bits per heavy atom. The van der Waals surface area contributed by atoms with Crippen LogP contribution in [0.2, 0.25) is 5.15 Å². The smallest absolute Gasteiger partial charge is 0.223 e. The highest BCUT2D eigenvalue weighted by Crippen LogP contribution is 2.31. The molecule has 1 fully saturated rings. The van der Waals surface area contributed by atoms with Crippen LogP contribution in [0.3, 0.4) is 0 Å². The molecule has 3 heterocycles. The summed E-state index contributed by atoms with van der Waals surface area (Å²) in [6.45, 7) is 8.85. The molecule has 2 aromatic rings. The molecule has 0 aromatic carbocycles. The molecule has 0 bridgehead atoms. The number of rotatable bonds is 3. The zero-order chi connectivity index (χ0) is 18.6. The first kappa shape index (κ1) is 19.4. The summed E-state index contributed by atoms with van der Waals surface area (Å²) < 4.78 is 5.89. The number of hydrogen-bond donors (Lipinski definition) is 1. The van der Waals surface area contributed by atoms with E-state index in [1.54, 1.807) is 30.3 Å². The van der Waals surface area contributed by atoms with Gasteiger partial charge in [-0.25, -0.2) is 9.97 Å². The van der Waals surface area contributed by atoms with Crippen molar-refractivity contribution in [3.8, 4) is 5.88 Å². The van der Waals surface area contributed by atoms with E-state index in [-0.39, 0.29) is 18.1 Å². The number of carbonyl (C=O) groups excluding carboxylic acids is 1. The first-order chi connectivity index (χ1) is 11.9. The number of nitrogens with zero attached hydrogens (tertiary/aromatic N) is 3. The van der Waals surface area contributed by atoms with E-state index in [4.69, 9.17) is 22.1 Å². The molecule has 1 saturated heterocycles. The highest BCUT2D eigenvalue weighted by molar-refractivity contribution is 6.30. The number of ether oxygens (including phenoxy) is 1.